The highest BCUT2D eigenvalue weighted by atomic mass is 32.2. The Labute approximate surface area is 185 Å². The third kappa shape index (κ3) is 4.73. The van der Waals surface area contributed by atoms with E-state index in [-0.39, 0.29) is 21.6 Å². The molecule has 1 amide bonds. The third-order valence-corrected chi connectivity index (χ3v) is 6.96. The van der Waals surface area contributed by atoms with E-state index in [1.54, 1.807) is 0 Å². The van der Waals surface area contributed by atoms with Gasteiger partial charge in [-0.05, 0) is 50.6 Å². The van der Waals surface area contributed by atoms with Gasteiger partial charge in [-0.2, -0.15) is 14.6 Å². The molecule has 0 saturated heterocycles. The van der Waals surface area contributed by atoms with E-state index >= 15 is 0 Å². The molecule has 0 atom stereocenters. The van der Waals surface area contributed by atoms with Gasteiger partial charge in [-0.1, -0.05) is 24.6 Å². The SMILES string of the molecule is CCS(=O)(=O)c1nsc(NC(=O)/C(C#N)=C\c2cc(C)n(-c3ccc(C)cc3)c2C)n1. The third-order valence-electron chi connectivity index (χ3n) is 4.71. The first kappa shape index (κ1) is 22.4. The maximum atomic E-state index is 12.6. The standard InChI is InChI=1S/C21H21N5O3S2/c1-5-31(28,29)21-24-20(30-25-21)23-19(27)17(12-22)11-16-10-14(3)26(15(16)4)18-8-6-13(2)7-9-18/h6-11H,5H2,1-4H3,(H,23,24,25,27)/b17-11-. The Balaban J connectivity index is 1.88. The van der Waals surface area contributed by atoms with Gasteiger partial charge in [0.2, 0.25) is 15.0 Å². The minimum atomic E-state index is -3.57. The highest BCUT2D eigenvalue weighted by molar-refractivity contribution is 7.91. The summed E-state index contributed by atoms with van der Waals surface area (Å²) in [7, 11) is -3.57. The fourth-order valence-electron chi connectivity index (χ4n) is 3.01. The molecule has 0 aliphatic heterocycles. The van der Waals surface area contributed by atoms with E-state index in [2.05, 4.69) is 14.7 Å². The van der Waals surface area contributed by atoms with Gasteiger partial charge in [0.1, 0.15) is 11.6 Å². The van der Waals surface area contributed by atoms with Crippen LogP contribution < -0.4 is 5.32 Å². The first-order chi connectivity index (χ1) is 14.7. The molecule has 3 aromatic rings. The van der Waals surface area contributed by atoms with E-state index in [9.17, 15) is 18.5 Å². The van der Waals surface area contributed by atoms with Crippen molar-refractivity contribution in [1.29, 1.82) is 5.26 Å². The summed E-state index contributed by atoms with van der Waals surface area (Å²) in [5.74, 6) is -0.823. The number of hydrogen-bond acceptors (Lipinski definition) is 7. The van der Waals surface area contributed by atoms with Crippen LogP contribution in [0.5, 0.6) is 0 Å². The van der Waals surface area contributed by atoms with Crippen molar-refractivity contribution in [2.45, 2.75) is 32.9 Å². The van der Waals surface area contributed by atoms with Gasteiger partial charge in [0.15, 0.2) is 0 Å². The molecule has 0 saturated carbocycles. The van der Waals surface area contributed by atoms with Gasteiger partial charge in [0.25, 0.3) is 11.1 Å². The Bertz CT molecular complexity index is 1310. The summed E-state index contributed by atoms with van der Waals surface area (Å²) in [6.45, 7) is 7.37. The highest BCUT2D eigenvalue weighted by Gasteiger charge is 2.20. The fourth-order valence-corrected chi connectivity index (χ4v) is 4.59. The molecule has 10 heteroatoms. The molecule has 8 nitrogen and oxygen atoms in total. The van der Waals surface area contributed by atoms with Crippen molar-refractivity contribution in [1.82, 2.24) is 13.9 Å². The first-order valence-corrected chi connectivity index (χ1v) is 11.8. The van der Waals surface area contributed by atoms with E-state index in [1.807, 2.05) is 61.7 Å². The lowest BCUT2D eigenvalue weighted by Crippen LogP contribution is -2.14. The van der Waals surface area contributed by atoms with Gasteiger partial charge in [0, 0.05) is 28.6 Å². The Kier molecular flexibility index (Phi) is 6.38. The van der Waals surface area contributed by atoms with Gasteiger partial charge in [-0.15, -0.1) is 0 Å². The summed E-state index contributed by atoms with van der Waals surface area (Å²) in [6, 6.07) is 11.9. The lowest BCUT2D eigenvalue weighted by Gasteiger charge is -2.10. The summed E-state index contributed by atoms with van der Waals surface area (Å²) in [5, 5.41) is 11.6. The van der Waals surface area contributed by atoms with Crippen LogP contribution in [0.1, 0.15) is 29.4 Å². The quantitative estimate of drug-likeness (QED) is 0.448. The zero-order valence-electron chi connectivity index (χ0n) is 17.5. The molecule has 0 fully saturated rings. The van der Waals surface area contributed by atoms with Crippen LogP contribution >= 0.6 is 11.5 Å². The van der Waals surface area contributed by atoms with Crippen LogP contribution in [-0.4, -0.2) is 34.0 Å². The molecule has 160 valence electrons. The molecule has 0 radical (unpaired) electrons. The van der Waals surface area contributed by atoms with Crippen molar-refractivity contribution in [3.8, 4) is 11.8 Å². The number of rotatable bonds is 6. The van der Waals surface area contributed by atoms with Crippen molar-refractivity contribution in [3.63, 3.8) is 0 Å². The van der Waals surface area contributed by atoms with Gasteiger partial charge in [-0.25, -0.2) is 8.42 Å². The highest BCUT2D eigenvalue weighted by Crippen LogP contribution is 2.24. The molecular formula is C21H21N5O3S2. The van der Waals surface area contributed by atoms with Crippen molar-refractivity contribution in [3.05, 3.63) is 58.4 Å². The molecule has 31 heavy (non-hydrogen) atoms. The molecule has 1 N–H and O–H groups in total. The Morgan fingerprint density at radius 3 is 2.55 bits per heavy atom. The molecule has 2 aromatic heterocycles. The number of nitrogens with one attached hydrogen (secondary N) is 1. The number of nitrogens with zero attached hydrogens (tertiary/aromatic N) is 4. The summed E-state index contributed by atoms with van der Waals surface area (Å²) < 4.78 is 29.5. The van der Waals surface area contributed by atoms with Crippen LogP contribution in [0.15, 0.2) is 41.1 Å². The minimum absolute atomic E-state index is 0.0169. The topological polar surface area (TPSA) is 118 Å². The Morgan fingerprint density at radius 1 is 1.26 bits per heavy atom. The number of carbonyl (C=O) groups excluding carboxylic acids is 1. The van der Waals surface area contributed by atoms with Crippen LogP contribution in [0.25, 0.3) is 11.8 Å². The number of hydrogen-bond donors (Lipinski definition) is 1. The van der Waals surface area contributed by atoms with Crippen molar-refractivity contribution in [2.75, 3.05) is 11.1 Å². The normalized spacial score (nSPS) is 11.9. The number of aromatic nitrogens is 3. The van der Waals surface area contributed by atoms with E-state index in [1.165, 1.54) is 13.0 Å². The monoisotopic (exact) mass is 455 g/mol. The van der Waals surface area contributed by atoms with Gasteiger partial charge < -0.3 is 4.57 Å². The van der Waals surface area contributed by atoms with Crippen molar-refractivity contribution >= 4 is 38.5 Å². The second kappa shape index (κ2) is 8.83. The number of aryl methyl sites for hydroxylation is 2. The van der Waals surface area contributed by atoms with Gasteiger partial charge in [-0.3, -0.25) is 10.1 Å². The first-order valence-electron chi connectivity index (χ1n) is 9.42. The predicted octanol–water partition coefficient (Wildman–Crippen LogP) is 3.59. The average molecular weight is 456 g/mol. The predicted molar refractivity (Wildman–Crippen MR) is 120 cm³/mol. The zero-order valence-corrected chi connectivity index (χ0v) is 19.1. The zero-order chi connectivity index (χ0) is 22.8. The second-order valence-electron chi connectivity index (χ2n) is 6.91. The Morgan fingerprint density at radius 2 is 1.94 bits per heavy atom. The van der Waals surface area contributed by atoms with E-state index < -0.39 is 15.7 Å². The van der Waals surface area contributed by atoms with Gasteiger partial charge >= 0.3 is 0 Å². The van der Waals surface area contributed by atoms with Crippen LogP contribution in [0.2, 0.25) is 0 Å². The number of carbonyl (C=O) groups is 1. The van der Waals surface area contributed by atoms with Crippen LogP contribution in [0.4, 0.5) is 5.13 Å². The number of benzene rings is 1. The van der Waals surface area contributed by atoms with E-state index in [0.29, 0.717) is 0 Å². The Hall–Kier alpha value is -3.29. The van der Waals surface area contributed by atoms with Crippen molar-refractivity contribution < 1.29 is 13.2 Å². The molecule has 0 aliphatic carbocycles. The van der Waals surface area contributed by atoms with Crippen LogP contribution in [0.3, 0.4) is 0 Å². The largest absolute Gasteiger partial charge is 0.318 e. The molecule has 0 spiro atoms. The van der Waals surface area contributed by atoms with E-state index in [0.717, 1.165) is 39.7 Å². The summed E-state index contributed by atoms with van der Waals surface area (Å²) in [5.41, 5.74) is 4.59. The molecule has 3 rings (SSSR count). The molecule has 1 aromatic carbocycles. The fraction of sp³-hybridized carbons (Fsp3) is 0.238. The molecule has 0 bridgehead atoms. The van der Waals surface area contributed by atoms with Gasteiger partial charge in [0.05, 0.1) is 5.75 Å². The molecule has 0 unspecified atom stereocenters. The maximum Gasteiger partial charge on any atom is 0.268 e. The lowest BCUT2D eigenvalue weighted by atomic mass is 10.1. The molecular weight excluding hydrogens is 434 g/mol. The van der Waals surface area contributed by atoms with Crippen LogP contribution in [-0.2, 0) is 14.6 Å². The smallest absolute Gasteiger partial charge is 0.268 e. The molecule has 0 aliphatic rings. The van der Waals surface area contributed by atoms with Crippen molar-refractivity contribution in [2.24, 2.45) is 0 Å². The average Bonchev–Trinajstić information content (AvgIpc) is 3.31. The van der Waals surface area contributed by atoms with E-state index in [4.69, 9.17) is 0 Å². The maximum absolute atomic E-state index is 12.6. The number of sulfone groups is 1. The number of anilines is 1. The lowest BCUT2D eigenvalue weighted by molar-refractivity contribution is -0.112. The summed E-state index contributed by atoms with van der Waals surface area (Å²) in [4.78, 5) is 16.4. The second-order valence-corrected chi connectivity index (χ2v) is 9.83. The molecule has 2 heterocycles. The number of amides is 1. The number of nitriles is 1. The van der Waals surface area contributed by atoms with Crippen LogP contribution in [0, 0.1) is 32.1 Å². The summed E-state index contributed by atoms with van der Waals surface area (Å²) in [6.07, 6.45) is 1.51. The minimum Gasteiger partial charge on any atom is -0.318 e. The summed E-state index contributed by atoms with van der Waals surface area (Å²) >= 11 is 0.749.